The summed E-state index contributed by atoms with van der Waals surface area (Å²) in [4.78, 5) is 19.2. The average molecular weight is 485 g/mol. The van der Waals surface area contributed by atoms with Crippen molar-refractivity contribution >= 4 is 44.3 Å². The first-order chi connectivity index (χ1) is 17.7. The van der Waals surface area contributed by atoms with Gasteiger partial charge in [-0.2, -0.15) is 0 Å². The molecular formula is C30H17ClN4O. The standard InChI is InChI=1S/C30H17ClN4O/c31-25-17-24-26(22-15-20-13-7-8-14-21(20)16-23(22)36-24)27(32-25)30-34-28(18-9-3-1-4-10-18)33-29(35-30)19-11-5-2-6-12-19/h1-17H. The molecule has 0 aliphatic rings. The van der Waals surface area contributed by atoms with Gasteiger partial charge in [-0.05, 0) is 22.9 Å². The molecule has 0 radical (unpaired) electrons. The molecule has 0 amide bonds. The van der Waals surface area contributed by atoms with E-state index in [1.807, 2.05) is 78.9 Å². The summed E-state index contributed by atoms with van der Waals surface area (Å²) in [6.45, 7) is 0. The Kier molecular flexibility index (Phi) is 4.76. The SMILES string of the molecule is Clc1cc2oc3cc4ccccc4cc3c2c(-c2nc(-c3ccccc3)nc(-c3ccccc3)n2)n1. The summed E-state index contributed by atoms with van der Waals surface area (Å²) in [6, 6.07) is 33.8. The zero-order valence-corrected chi connectivity index (χ0v) is 19.6. The number of rotatable bonds is 3. The van der Waals surface area contributed by atoms with E-state index < -0.39 is 0 Å². The number of fused-ring (bicyclic) bond motifs is 4. The highest BCUT2D eigenvalue weighted by molar-refractivity contribution is 6.30. The Morgan fingerprint density at radius 3 is 1.72 bits per heavy atom. The Balaban J connectivity index is 1.55. The van der Waals surface area contributed by atoms with Crippen LogP contribution in [0.5, 0.6) is 0 Å². The molecule has 170 valence electrons. The van der Waals surface area contributed by atoms with Gasteiger partial charge in [0.25, 0.3) is 0 Å². The topological polar surface area (TPSA) is 64.7 Å². The molecular weight excluding hydrogens is 468 g/mol. The van der Waals surface area contributed by atoms with Gasteiger partial charge < -0.3 is 4.42 Å². The largest absolute Gasteiger partial charge is 0.456 e. The van der Waals surface area contributed by atoms with Crippen LogP contribution in [0.15, 0.2) is 108 Å². The Hall–Kier alpha value is -4.61. The van der Waals surface area contributed by atoms with Crippen LogP contribution in [0.4, 0.5) is 0 Å². The van der Waals surface area contributed by atoms with E-state index in [2.05, 4.69) is 18.2 Å². The molecule has 0 unspecified atom stereocenters. The summed E-state index contributed by atoms with van der Waals surface area (Å²) in [6.07, 6.45) is 0. The lowest BCUT2D eigenvalue weighted by atomic mass is 10.1. The van der Waals surface area contributed by atoms with Crippen molar-refractivity contribution in [1.29, 1.82) is 0 Å². The summed E-state index contributed by atoms with van der Waals surface area (Å²) in [5.41, 5.74) is 3.73. The van der Waals surface area contributed by atoms with Crippen molar-refractivity contribution in [3.05, 3.63) is 108 Å². The summed E-state index contributed by atoms with van der Waals surface area (Å²) in [7, 11) is 0. The van der Waals surface area contributed by atoms with Crippen molar-refractivity contribution < 1.29 is 4.42 Å². The number of furan rings is 1. The summed E-state index contributed by atoms with van der Waals surface area (Å²) in [5.74, 6) is 1.56. The third-order valence-corrected chi connectivity index (χ3v) is 6.39. The first-order valence-electron chi connectivity index (χ1n) is 11.5. The molecule has 0 aliphatic carbocycles. The number of hydrogen-bond donors (Lipinski definition) is 0. The number of aromatic nitrogens is 4. The molecule has 0 spiro atoms. The van der Waals surface area contributed by atoms with Gasteiger partial charge in [0.05, 0.1) is 5.39 Å². The minimum Gasteiger partial charge on any atom is -0.456 e. The molecule has 0 saturated heterocycles. The molecule has 3 heterocycles. The van der Waals surface area contributed by atoms with Crippen LogP contribution < -0.4 is 0 Å². The molecule has 0 aliphatic heterocycles. The van der Waals surface area contributed by atoms with Gasteiger partial charge in [-0.25, -0.2) is 19.9 Å². The third-order valence-electron chi connectivity index (χ3n) is 6.20. The van der Waals surface area contributed by atoms with Crippen LogP contribution in [0.25, 0.3) is 67.0 Å². The molecule has 0 N–H and O–H groups in total. The molecule has 4 aromatic carbocycles. The number of halogens is 1. The number of pyridine rings is 1. The quantitative estimate of drug-likeness (QED) is 0.238. The van der Waals surface area contributed by atoms with Gasteiger partial charge in [0, 0.05) is 22.6 Å². The van der Waals surface area contributed by atoms with Crippen molar-refractivity contribution in [3.63, 3.8) is 0 Å². The minimum absolute atomic E-state index is 0.309. The minimum atomic E-state index is 0.309. The van der Waals surface area contributed by atoms with Crippen molar-refractivity contribution in [3.8, 4) is 34.3 Å². The van der Waals surface area contributed by atoms with Crippen molar-refractivity contribution in [1.82, 2.24) is 19.9 Å². The van der Waals surface area contributed by atoms with Gasteiger partial charge in [-0.1, -0.05) is 96.5 Å². The van der Waals surface area contributed by atoms with Crippen LogP contribution in [-0.2, 0) is 0 Å². The first kappa shape index (κ1) is 20.7. The van der Waals surface area contributed by atoms with E-state index in [4.69, 9.17) is 36.0 Å². The first-order valence-corrected chi connectivity index (χ1v) is 11.9. The summed E-state index contributed by atoms with van der Waals surface area (Å²) >= 11 is 6.48. The van der Waals surface area contributed by atoms with Crippen LogP contribution in [0.2, 0.25) is 5.15 Å². The van der Waals surface area contributed by atoms with Gasteiger partial charge in [0.1, 0.15) is 22.0 Å². The van der Waals surface area contributed by atoms with E-state index in [1.54, 1.807) is 6.07 Å². The molecule has 0 bridgehead atoms. The van der Waals surface area contributed by atoms with E-state index in [0.29, 0.717) is 33.9 Å². The highest BCUT2D eigenvalue weighted by Gasteiger charge is 2.20. The second-order valence-corrected chi connectivity index (χ2v) is 8.89. The Morgan fingerprint density at radius 1 is 0.528 bits per heavy atom. The van der Waals surface area contributed by atoms with E-state index in [1.165, 1.54) is 0 Å². The second kappa shape index (κ2) is 8.26. The molecule has 7 rings (SSSR count). The predicted octanol–water partition coefficient (Wildman–Crippen LogP) is 7.97. The van der Waals surface area contributed by atoms with E-state index >= 15 is 0 Å². The van der Waals surface area contributed by atoms with Gasteiger partial charge in [0.2, 0.25) is 0 Å². The van der Waals surface area contributed by atoms with Gasteiger partial charge in [0.15, 0.2) is 17.5 Å². The Labute approximate surface area is 211 Å². The second-order valence-electron chi connectivity index (χ2n) is 8.50. The lowest BCUT2D eigenvalue weighted by Gasteiger charge is -2.09. The third kappa shape index (κ3) is 3.49. The average Bonchev–Trinajstić information content (AvgIpc) is 3.28. The smallest absolute Gasteiger partial charge is 0.183 e. The fourth-order valence-electron chi connectivity index (χ4n) is 4.53. The Morgan fingerprint density at radius 2 is 1.08 bits per heavy atom. The monoisotopic (exact) mass is 484 g/mol. The lowest BCUT2D eigenvalue weighted by molar-refractivity contribution is 0.669. The van der Waals surface area contributed by atoms with E-state index in [-0.39, 0.29) is 0 Å². The van der Waals surface area contributed by atoms with Crippen molar-refractivity contribution in [2.24, 2.45) is 0 Å². The van der Waals surface area contributed by atoms with Crippen LogP contribution in [0.1, 0.15) is 0 Å². The highest BCUT2D eigenvalue weighted by atomic mass is 35.5. The molecule has 0 fully saturated rings. The zero-order valence-electron chi connectivity index (χ0n) is 18.9. The number of benzene rings is 4. The summed E-state index contributed by atoms with van der Waals surface area (Å²) < 4.78 is 6.24. The lowest BCUT2D eigenvalue weighted by Crippen LogP contribution is -2.01. The van der Waals surface area contributed by atoms with Gasteiger partial charge in [-0.15, -0.1) is 0 Å². The molecule has 36 heavy (non-hydrogen) atoms. The van der Waals surface area contributed by atoms with Crippen molar-refractivity contribution in [2.75, 3.05) is 0 Å². The fraction of sp³-hybridized carbons (Fsp3) is 0. The maximum absolute atomic E-state index is 6.48. The molecule has 7 aromatic rings. The van der Waals surface area contributed by atoms with E-state index in [9.17, 15) is 0 Å². The van der Waals surface area contributed by atoms with Crippen LogP contribution in [0, 0.1) is 0 Å². The zero-order chi connectivity index (χ0) is 24.1. The number of hydrogen-bond acceptors (Lipinski definition) is 5. The maximum atomic E-state index is 6.48. The highest BCUT2D eigenvalue weighted by Crippen LogP contribution is 2.38. The molecule has 3 aromatic heterocycles. The predicted molar refractivity (Wildman–Crippen MR) is 144 cm³/mol. The Bertz CT molecular complexity index is 1840. The molecule has 5 nitrogen and oxygen atoms in total. The fourth-order valence-corrected chi connectivity index (χ4v) is 4.71. The van der Waals surface area contributed by atoms with Gasteiger partial charge in [-0.3, -0.25) is 0 Å². The normalized spacial score (nSPS) is 11.5. The maximum Gasteiger partial charge on any atom is 0.183 e. The number of nitrogens with zero attached hydrogens (tertiary/aromatic N) is 4. The van der Waals surface area contributed by atoms with Crippen LogP contribution in [0.3, 0.4) is 0 Å². The van der Waals surface area contributed by atoms with Crippen molar-refractivity contribution in [2.45, 2.75) is 0 Å². The molecule has 0 atom stereocenters. The van der Waals surface area contributed by atoms with Crippen LogP contribution in [-0.4, -0.2) is 19.9 Å². The van der Waals surface area contributed by atoms with Crippen LogP contribution >= 0.6 is 11.6 Å². The van der Waals surface area contributed by atoms with Gasteiger partial charge >= 0.3 is 0 Å². The molecule has 6 heteroatoms. The van der Waals surface area contributed by atoms with E-state index in [0.717, 1.165) is 38.3 Å². The molecule has 0 saturated carbocycles. The summed E-state index contributed by atoms with van der Waals surface area (Å²) in [5, 5.41) is 4.28.